The summed E-state index contributed by atoms with van der Waals surface area (Å²) < 4.78 is 41.2. The average Bonchev–Trinajstić information content (AvgIpc) is 3.18. The zero-order valence-corrected chi connectivity index (χ0v) is 20.2. The summed E-state index contributed by atoms with van der Waals surface area (Å²) in [6.07, 6.45) is 1.75. The van der Waals surface area contributed by atoms with E-state index in [9.17, 15) is 18.0 Å². The molecule has 1 atom stereocenters. The second-order valence-electron chi connectivity index (χ2n) is 7.84. The molecule has 0 unspecified atom stereocenters. The lowest BCUT2D eigenvalue weighted by atomic mass is 10.00. The highest BCUT2D eigenvalue weighted by molar-refractivity contribution is 6.34. The highest BCUT2D eigenvalue weighted by Crippen LogP contribution is 2.35. The van der Waals surface area contributed by atoms with Gasteiger partial charge in [0.25, 0.3) is 0 Å². The van der Waals surface area contributed by atoms with Crippen molar-refractivity contribution in [1.82, 2.24) is 20.1 Å². The summed E-state index contributed by atoms with van der Waals surface area (Å²) in [4.78, 5) is 20.8. The Bertz CT molecular complexity index is 1100. The number of amidine groups is 1. The molecule has 2 aromatic rings. The van der Waals surface area contributed by atoms with Crippen LogP contribution in [0.15, 0.2) is 47.4 Å². The number of rotatable bonds is 10. The van der Waals surface area contributed by atoms with E-state index in [1.165, 1.54) is 6.07 Å². The number of nitrogens with one attached hydrogen (secondary N) is 1. The molecule has 7 nitrogen and oxygen atoms in total. The summed E-state index contributed by atoms with van der Waals surface area (Å²) in [5, 5.41) is 6.58. The number of allylic oxidation sites excluding steroid dienone is 2. The molecule has 2 rings (SSSR count). The Morgan fingerprint density at radius 3 is 2.62 bits per heavy atom. The van der Waals surface area contributed by atoms with Gasteiger partial charge in [0.15, 0.2) is 11.5 Å². The fourth-order valence-electron chi connectivity index (χ4n) is 3.00. The molecule has 0 aliphatic heterocycles. The van der Waals surface area contributed by atoms with Gasteiger partial charge in [-0.15, -0.1) is 0 Å². The monoisotopic (exact) mass is 496 g/mol. The Hall–Kier alpha value is -3.14. The molecule has 3 N–H and O–H groups in total. The van der Waals surface area contributed by atoms with E-state index in [1.54, 1.807) is 43.2 Å². The molecule has 0 fully saturated rings. The van der Waals surface area contributed by atoms with Gasteiger partial charge in [-0.2, -0.15) is 18.3 Å². The van der Waals surface area contributed by atoms with Gasteiger partial charge in [0, 0.05) is 38.0 Å². The van der Waals surface area contributed by atoms with E-state index in [2.05, 4.69) is 34.2 Å². The van der Waals surface area contributed by atoms with Crippen LogP contribution in [0.1, 0.15) is 55.4 Å². The van der Waals surface area contributed by atoms with Gasteiger partial charge in [0.1, 0.15) is 0 Å². The number of carbonyl (C=O) groups excluding carboxylic acids is 1. The Kier molecular flexibility index (Phi) is 9.43. The molecule has 0 radical (unpaired) electrons. The third kappa shape index (κ3) is 7.18. The first-order valence-electron chi connectivity index (χ1n) is 10.6. The number of hydrogen-bond donors (Lipinski definition) is 2. The lowest BCUT2D eigenvalue weighted by Crippen LogP contribution is -2.15. The Balaban J connectivity index is 2.55. The highest BCUT2D eigenvalue weighted by atomic mass is 35.5. The van der Waals surface area contributed by atoms with Crippen LogP contribution in [-0.4, -0.2) is 32.9 Å². The van der Waals surface area contributed by atoms with Crippen LogP contribution in [0.5, 0.6) is 0 Å². The van der Waals surface area contributed by atoms with Crippen molar-refractivity contribution in [2.75, 3.05) is 6.54 Å². The smallest absolute Gasteiger partial charge is 0.391 e. The predicted octanol–water partition coefficient (Wildman–Crippen LogP) is 5.00. The quantitative estimate of drug-likeness (QED) is 0.209. The van der Waals surface area contributed by atoms with Crippen molar-refractivity contribution >= 4 is 28.9 Å². The average molecular weight is 497 g/mol. The first kappa shape index (κ1) is 27.1. The lowest BCUT2D eigenvalue weighted by molar-refractivity contribution is -0.141. The third-order valence-corrected chi connectivity index (χ3v) is 5.41. The molecule has 0 saturated heterocycles. The Morgan fingerprint density at radius 2 is 2.06 bits per heavy atom. The number of halogens is 4. The molecule has 0 bridgehead atoms. The number of nitrogens with two attached hydrogens (primary N) is 1. The number of nitrogens with zero attached hydrogens (tertiary/aromatic N) is 4. The molecule has 2 heterocycles. The molecule has 0 saturated carbocycles. The number of hydrogen-bond acceptors (Lipinski definition) is 5. The first-order valence-corrected chi connectivity index (χ1v) is 11.0. The van der Waals surface area contributed by atoms with Gasteiger partial charge in [-0.05, 0) is 42.8 Å². The molecule has 0 aromatic carbocycles. The standard InChI is InChI=1S/C23H28ClF3N6O/c1-5-14(2)13-29-9-6-16(21(32-15(3)28)18-8-11-31-33(18)4)12-19(34)17-7-10-30-22(20(17)24)23(25,26)27/h6-11,14,29H,5,12-13H2,1-4H3,(H2,28,32)/b9-6-,21-16-/t14-/m1/s1. The predicted molar refractivity (Wildman–Crippen MR) is 127 cm³/mol. The second kappa shape index (κ2) is 11.8. The zero-order chi connectivity index (χ0) is 25.5. The molecule has 34 heavy (non-hydrogen) atoms. The van der Waals surface area contributed by atoms with Crippen molar-refractivity contribution in [2.24, 2.45) is 23.7 Å². The van der Waals surface area contributed by atoms with Crippen LogP contribution in [0.25, 0.3) is 5.70 Å². The number of alkyl halides is 3. The summed E-state index contributed by atoms with van der Waals surface area (Å²) in [5.74, 6) is 0.0448. The minimum absolute atomic E-state index is 0.239. The maximum Gasteiger partial charge on any atom is 0.434 e. The van der Waals surface area contributed by atoms with Gasteiger partial charge in [0.05, 0.1) is 22.2 Å². The fraction of sp³-hybridized carbons (Fsp3) is 0.391. The van der Waals surface area contributed by atoms with Crippen molar-refractivity contribution < 1.29 is 18.0 Å². The van der Waals surface area contributed by atoms with Crippen LogP contribution in [0, 0.1) is 5.92 Å². The third-order valence-electron chi connectivity index (χ3n) is 5.03. The van der Waals surface area contributed by atoms with Crippen LogP contribution in [0.4, 0.5) is 13.2 Å². The van der Waals surface area contributed by atoms with E-state index < -0.39 is 22.7 Å². The molecule has 0 aliphatic carbocycles. The van der Waals surface area contributed by atoms with Gasteiger partial charge in [-0.3, -0.25) is 14.5 Å². The van der Waals surface area contributed by atoms with Crippen molar-refractivity contribution in [3.05, 3.63) is 64.3 Å². The van der Waals surface area contributed by atoms with Crippen LogP contribution < -0.4 is 11.1 Å². The van der Waals surface area contributed by atoms with Crippen LogP contribution in [0.2, 0.25) is 5.02 Å². The minimum Gasteiger partial charge on any atom is -0.391 e. The highest BCUT2D eigenvalue weighted by Gasteiger charge is 2.36. The van der Waals surface area contributed by atoms with Gasteiger partial charge in [0.2, 0.25) is 0 Å². The number of Topliss-reactive ketones (excluding diaryl/α,β-unsaturated/α-hetero) is 1. The van der Waals surface area contributed by atoms with Gasteiger partial charge in [-0.1, -0.05) is 31.9 Å². The van der Waals surface area contributed by atoms with E-state index >= 15 is 0 Å². The van der Waals surface area contributed by atoms with Crippen LogP contribution in [-0.2, 0) is 13.2 Å². The second-order valence-corrected chi connectivity index (χ2v) is 8.22. The van der Waals surface area contributed by atoms with Gasteiger partial charge >= 0.3 is 6.18 Å². The van der Waals surface area contributed by atoms with Crippen molar-refractivity contribution in [3.63, 3.8) is 0 Å². The number of ketones is 1. The Labute approximate surface area is 201 Å². The summed E-state index contributed by atoms with van der Waals surface area (Å²) in [7, 11) is 1.70. The normalized spacial score (nSPS) is 14.3. The summed E-state index contributed by atoms with van der Waals surface area (Å²) >= 11 is 5.93. The molecule has 184 valence electrons. The number of carbonyl (C=O) groups is 1. The first-order chi connectivity index (χ1) is 16.0. The van der Waals surface area contributed by atoms with Crippen LogP contribution in [0.3, 0.4) is 0 Å². The van der Waals surface area contributed by atoms with E-state index in [0.717, 1.165) is 12.6 Å². The molecular formula is C23H28ClF3N6O. The molecular weight excluding hydrogens is 469 g/mol. The van der Waals surface area contributed by atoms with E-state index in [4.69, 9.17) is 17.3 Å². The van der Waals surface area contributed by atoms with Gasteiger partial charge in [-0.25, -0.2) is 4.99 Å². The SMILES string of the molecule is CC[C@@H](C)CN\C=C/C(CC(=O)c1ccnc(C(F)(F)F)c1Cl)=C(/N=C(/C)N)c1ccnn1C. The van der Waals surface area contributed by atoms with Crippen molar-refractivity contribution in [3.8, 4) is 0 Å². The van der Waals surface area contributed by atoms with E-state index in [1.807, 2.05) is 0 Å². The number of pyridine rings is 1. The van der Waals surface area contributed by atoms with Crippen molar-refractivity contribution in [1.29, 1.82) is 0 Å². The number of aliphatic imine (C=N–C) groups is 1. The zero-order valence-electron chi connectivity index (χ0n) is 19.4. The minimum atomic E-state index is -4.79. The van der Waals surface area contributed by atoms with E-state index in [-0.39, 0.29) is 17.8 Å². The largest absolute Gasteiger partial charge is 0.434 e. The molecule has 0 aliphatic rings. The maximum atomic E-state index is 13.2. The van der Waals surface area contributed by atoms with Gasteiger partial charge < -0.3 is 11.1 Å². The van der Waals surface area contributed by atoms with Crippen molar-refractivity contribution in [2.45, 2.75) is 39.8 Å². The topological polar surface area (TPSA) is 98.2 Å². The Morgan fingerprint density at radius 1 is 1.35 bits per heavy atom. The van der Waals surface area contributed by atoms with E-state index in [0.29, 0.717) is 29.4 Å². The number of aryl methyl sites for hydroxylation is 1. The summed E-state index contributed by atoms with van der Waals surface area (Å²) in [5.41, 5.74) is 5.64. The number of aromatic nitrogens is 3. The fourth-order valence-corrected chi connectivity index (χ4v) is 3.32. The summed E-state index contributed by atoms with van der Waals surface area (Å²) in [6.45, 7) is 6.47. The molecule has 11 heteroatoms. The lowest BCUT2D eigenvalue weighted by Gasteiger charge is -2.13. The maximum absolute atomic E-state index is 13.2. The van der Waals surface area contributed by atoms with Crippen LogP contribution >= 0.6 is 11.6 Å². The molecule has 0 amide bonds. The molecule has 0 spiro atoms. The summed E-state index contributed by atoms with van der Waals surface area (Å²) in [6, 6.07) is 2.87. The molecule has 2 aromatic heterocycles.